The lowest BCUT2D eigenvalue weighted by atomic mass is 9.98. The van der Waals surface area contributed by atoms with E-state index in [4.69, 9.17) is 52.1 Å². The summed E-state index contributed by atoms with van der Waals surface area (Å²) in [7, 11) is 0. The van der Waals surface area contributed by atoms with E-state index in [1.165, 1.54) is 48.3 Å². The van der Waals surface area contributed by atoms with Crippen molar-refractivity contribution in [3.05, 3.63) is 81.9 Å². The molecular formula is C38H40Cl4IN3O2S2+2. The van der Waals surface area contributed by atoms with Gasteiger partial charge < -0.3 is 25.7 Å². The van der Waals surface area contributed by atoms with Gasteiger partial charge in [0.15, 0.2) is 0 Å². The lowest BCUT2D eigenvalue weighted by Gasteiger charge is -2.26. The number of piperidine rings is 2. The number of nitrogen functional groups attached to an aromatic ring is 1. The van der Waals surface area contributed by atoms with Crippen LogP contribution in [0.5, 0.6) is 0 Å². The molecular weight excluding hydrogens is 863 g/mol. The Bertz CT molecular complexity index is 2030. The molecule has 2 aliphatic rings. The first-order valence-electron chi connectivity index (χ1n) is 17.2. The van der Waals surface area contributed by atoms with Gasteiger partial charge >= 0.3 is 0 Å². The zero-order valence-electron chi connectivity index (χ0n) is 27.4. The van der Waals surface area contributed by atoms with Crippen molar-refractivity contribution in [2.75, 3.05) is 45.0 Å². The lowest BCUT2D eigenvalue weighted by Crippen LogP contribution is -3.13. The van der Waals surface area contributed by atoms with Gasteiger partial charge in [0.25, 0.3) is 0 Å². The number of nitrogens with one attached hydrogen (secondary N) is 2. The molecule has 6 N–H and O–H groups in total. The number of thiophene rings is 2. The lowest BCUT2D eigenvalue weighted by molar-refractivity contribution is -0.908. The summed E-state index contributed by atoms with van der Waals surface area (Å²) in [6, 6.07) is 12.1. The molecule has 2 fully saturated rings. The third-order valence-corrected chi connectivity index (χ3v) is 15.4. The summed E-state index contributed by atoms with van der Waals surface area (Å²) >= 11 is 31.2. The van der Waals surface area contributed by atoms with Crippen LogP contribution in [-0.2, 0) is 0 Å². The Hall–Kier alpha value is -1.15. The Kier molecular flexibility index (Phi) is 11.9. The molecule has 6 aromatic rings. The van der Waals surface area contributed by atoms with Crippen LogP contribution in [0, 0.1) is 3.57 Å². The van der Waals surface area contributed by atoms with Gasteiger partial charge in [0.05, 0.1) is 55.5 Å². The second kappa shape index (κ2) is 16.1. The standard InChI is InChI=1S/C19H18Cl2INOS.C19H20Cl2N2OS/c2*20-15-9-12-11-4-7-25-19(11)14(8-13(12)17(21)18(15)22)16(24)10-23-5-2-1-3-6-23/h4,7-9,16,24H,1-3,5-6,10H2;4,7-9,16,24H,1-3,5-6,10,22H2/p+2. The van der Waals surface area contributed by atoms with Gasteiger partial charge in [-0.1, -0.05) is 46.4 Å². The molecule has 12 heteroatoms. The van der Waals surface area contributed by atoms with Gasteiger partial charge in [-0.25, -0.2) is 0 Å². The van der Waals surface area contributed by atoms with Crippen LogP contribution in [-0.4, -0.2) is 49.5 Å². The fourth-order valence-electron chi connectivity index (χ4n) is 7.69. The van der Waals surface area contributed by atoms with Gasteiger partial charge in [0, 0.05) is 42.1 Å². The van der Waals surface area contributed by atoms with E-state index in [9.17, 15) is 10.2 Å². The number of nitrogens with two attached hydrogens (primary N) is 1. The Morgan fingerprint density at radius 3 is 1.54 bits per heavy atom. The molecule has 0 radical (unpaired) electrons. The molecule has 2 atom stereocenters. The molecule has 4 aromatic carbocycles. The number of aliphatic hydroxyl groups excluding tert-OH is 2. The third kappa shape index (κ3) is 7.47. The van der Waals surface area contributed by atoms with Gasteiger partial charge in [-0.3, -0.25) is 0 Å². The number of anilines is 1. The fourth-order valence-corrected chi connectivity index (χ4v) is 11.1. The van der Waals surface area contributed by atoms with E-state index < -0.39 is 12.2 Å². The molecule has 0 spiro atoms. The van der Waals surface area contributed by atoms with E-state index in [-0.39, 0.29) is 0 Å². The third-order valence-electron chi connectivity index (χ3n) is 10.3. The first-order valence-corrected chi connectivity index (χ1v) is 21.5. The van der Waals surface area contributed by atoms with Crippen molar-refractivity contribution < 1.29 is 20.0 Å². The minimum atomic E-state index is -0.508. The summed E-state index contributed by atoms with van der Waals surface area (Å²) in [5.74, 6) is 0. The molecule has 4 heterocycles. The highest BCUT2D eigenvalue weighted by atomic mass is 127. The van der Waals surface area contributed by atoms with Gasteiger partial charge in [0.1, 0.15) is 25.3 Å². The number of halogens is 5. The molecule has 0 saturated carbocycles. The highest BCUT2D eigenvalue weighted by Gasteiger charge is 2.25. The molecule has 5 nitrogen and oxygen atoms in total. The molecule has 264 valence electrons. The van der Waals surface area contributed by atoms with E-state index in [1.54, 1.807) is 22.7 Å². The van der Waals surface area contributed by atoms with E-state index in [1.807, 2.05) is 23.6 Å². The Balaban J connectivity index is 0.000000157. The zero-order valence-corrected chi connectivity index (χ0v) is 34.3. The van der Waals surface area contributed by atoms with Crippen molar-refractivity contribution in [3.63, 3.8) is 0 Å². The van der Waals surface area contributed by atoms with E-state index >= 15 is 0 Å². The Labute approximate surface area is 334 Å². The van der Waals surface area contributed by atoms with Crippen molar-refractivity contribution in [2.24, 2.45) is 0 Å². The predicted octanol–water partition coefficient (Wildman–Crippen LogP) is 9.11. The molecule has 0 bridgehead atoms. The van der Waals surface area contributed by atoms with Crippen molar-refractivity contribution >= 4 is 139 Å². The predicted molar refractivity (Wildman–Crippen MR) is 225 cm³/mol. The van der Waals surface area contributed by atoms with Gasteiger partial charge in [0.2, 0.25) is 0 Å². The second-order valence-corrected chi connectivity index (χ2v) is 18.1. The summed E-state index contributed by atoms with van der Waals surface area (Å²) < 4.78 is 3.11. The maximum absolute atomic E-state index is 11.0. The van der Waals surface area contributed by atoms with Crippen molar-refractivity contribution in [2.45, 2.75) is 50.7 Å². The van der Waals surface area contributed by atoms with Gasteiger partial charge in [-0.05, 0) is 119 Å². The van der Waals surface area contributed by atoms with Gasteiger partial charge in [-0.2, -0.15) is 0 Å². The average molecular weight is 904 g/mol. The van der Waals surface area contributed by atoms with Crippen LogP contribution in [0.25, 0.3) is 41.7 Å². The number of likely N-dealkylation sites (tertiary alicyclic amines) is 2. The number of rotatable bonds is 6. The van der Waals surface area contributed by atoms with Crippen LogP contribution in [0.3, 0.4) is 0 Å². The topological polar surface area (TPSA) is 75.4 Å². The van der Waals surface area contributed by atoms with Crippen LogP contribution < -0.4 is 15.5 Å². The first kappa shape index (κ1) is 37.2. The summed E-state index contributed by atoms with van der Waals surface area (Å²) in [5.41, 5.74) is 8.35. The quantitative estimate of drug-likeness (QED) is 0.0659. The molecule has 2 unspecified atom stereocenters. The minimum Gasteiger partial charge on any atom is -0.396 e. The molecule has 2 aromatic heterocycles. The molecule has 2 saturated heterocycles. The van der Waals surface area contributed by atoms with E-state index in [2.05, 4.69) is 46.2 Å². The van der Waals surface area contributed by atoms with Crippen LogP contribution in [0.15, 0.2) is 47.2 Å². The van der Waals surface area contributed by atoms with Crippen molar-refractivity contribution in [3.8, 4) is 0 Å². The summed E-state index contributed by atoms with van der Waals surface area (Å²) in [6.07, 6.45) is 6.66. The number of hydrogen-bond donors (Lipinski definition) is 5. The summed E-state index contributed by atoms with van der Waals surface area (Å²) in [6.45, 7) is 6.10. The molecule has 50 heavy (non-hydrogen) atoms. The van der Waals surface area contributed by atoms with Crippen LogP contribution in [0.4, 0.5) is 5.69 Å². The average Bonchev–Trinajstić information content (AvgIpc) is 3.82. The van der Waals surface area contributed by atoms with E-state index in [0.29, 0.717) is 25.8 Å². The number of benzene rings is 4. The highest BCUT2D eigenvalue weighted by Crippen LogP contribution is 2.43. The number of quaternary nitrogens is 2. The largest absolute Gasteiger partial charge is 0.396 e. The maximum Gasteiger partial charge on any atom is 0.129 e. The maximum atomic E-state index is 11.0. The smallest absolute Gasteiger partial charge is 0.129 e. The monoisotopic (exact) mass is 901 g/mol. The summed E-state index contributed by atoms with van der Waals surface area (Å²) in [4.78, 5) is 2.98. The second-order valence-electron chi connectivity index (χ2n) is 13.6. The van der Waals surface area contributed by atoms with Crippen molar-refractivity contribution in [1.29, 1.82) is 0 Å². The van der Waals surface area contributed by atoms with E-state index in [0.717, 1.165) is 95.7 Å². The molecule has 0 amide bonds. The zero-order chi connectivity index (χ0) is 35.1. The SMILES string of the molecule is Nc1c(Cl)cc2c(cc(C(O)C[NH+]3CCCCC3)c3sccc32)c1Cl.OC(C[NH+]1CCCCC1)c1cc2c(Cl)c(I)c(Cl)cc2c2ccsc12. The highest BCUT2D eigenvalue weighted by molar-refractivity contribution is 14.1. The number of hydrogen-bond acceptors (Lipinski definition) is 5. The fraction of sp³-hybridized carbons (Fsp3) is 0.368. The summed E-state index contributed by atoms with van der Waals surface area (Å²) in [5, 5.41) is 34.4. The Morgan fingerprint density at radius 2 is 1.06 bits per heavy atom. The molecule has 0 aliphatic carbocycles. The minimum absolute atomic E-state index is 0.396. The normalized spacial score (nSPS) is 17.4. The molecule has 8 rings (SSSR count). The first-order chi connectivity index (χ1) is 24.1. The van der Waals surface area contributed by atoms with Gasteiger partial charge in [-0.15, -0.1) is 22.7 Å². The van der Waals surface area contributed by atoms with Crippen LogP contribution >= 0.6 is 91.7 Å². The van der Waals surface area contributed by atoms with Crippen LogP contribution in [0.1, 0.15) is 61.9 Å². The van der Waals surface area contributed by atoms with Crippen molar-refractivity contribution in [1.82, 2.24) is 0 Å². The molecule has 2 aliphatic heterocycles. The van der Waals surface area contributed by atoms with Crippen LogP contribution in [0.2, 0.25) is 20.1 Å². The number of fused-ring (bicyclic) bond motifs is 6. The Morgan fingerprint density at radius 1 is 0.620 bits per heavy atom. The number of aliphatic hydroxyl groups is 2.